The van der Waals surface area contributed by atoms with Crippen molar-refractivity contribution < 1.29 is 0 Å². The Kier molecular flexibility index (Phi) is 3.48. The number of fused-ring (bicyclic) bond motifs is 4. The van der Waals surface area contributed by atoms with Gasteiger partial charge in [-0.05, 0) is 61.7 Å². The molecule has 0 aliphatic heterocycles. The Morgan fingerprint density at radius 3 is 2.17 bits per heavy atom. The third kappa shape index (κ3) is 2.39. The molecule has 135 valence electrons. The molecule has 0 saturated carbocycles. The predicted octanol–water partition coefficient (Wildman–Crippen LogP) is 5.07. The van der Waals surface area contributed by atoms with E-state index in [1.54, 1.807) is 0 Å². The van der Waals surface area contributed by atoms with Gasteiger partial charge in [0.1, 0.15) is 0 Å². The largest absolute Gasteiger partial charge is 0.0651 e. The molecular weight excluding hydrogens is 348 g/mol. The van der Waals surface area contributed by atoms with E-state index in [4.69, 9.17) is 0 Å². The van der Waals surface area contributed by atoms with Gasteiger partial charge in [-0.1, -0.05) is 103 Å². The second-order valence-corrected chi connectivity index (χ2v) is 7.77. The molecule has 0 bridgehead atoms. The van der Waals surface area contributed by atoms with Crippen LogP contribution in [0.15, 0.2) is 115 Å². The molecule has 0 heteroatoms. The third-order valence-corrected chi connectivity index (χ3v) is 6.19. The average molecular weight is 367 g/mol. The van der Waals surface area contributed by atoms with E-state index >= 15 is 0 Å². The Hall–Kier alpha value is -3.64. The number of rotatable bonds is 2. The van der Waals surface area contributed by atoms with Crippen LogP contribution >= 0.6 is 0 Å². The van der Waals surface area contributed by atoms with Gasteiger partial charge in [-0.25, -0.2) is 0 Å². The quantitative estimate of drug-likeness (QED) is 0.464. The smallest absolute Gasteiger partial charge is 0.0574 e. The molecule has 0 amide bonds. The van der Waals surface area contributed by atoms with Crippen LogP contribution in [-0.2, 0) is 5.41 Å². The molecule has 2 aliphatic rings. The second kappa shape index (κ2) is 6.18. The van der Waals surface area contributed by atoms with Crippen LogP contribution in [0.25, 0.3) is 22.4 Å². The minimum atomic E-state index is -0.262. The SMILES string of the molecule is [c]1ccc2ccc3c(c2c1)=C1C=CC(c2ccccc2)(c2ccccc2)C=C1C=3. The van der Waals surface area contributed by atoms with Gasteiger partial charge < -0.3 is 0 Å². The van der Waals surface area contributed by atoms with Gasteiger partial charge in [0.25, 0.3) is 0 Å². The van der Waals surface area contributed by atoms with Gasteiger partial charge in [0.05, 0.1) is 5.41 Å². The standard InChI is InChI=1S/C29H19/c1-3-10-24(11-4-1)29(25-12-5-2-6-13-25)18-17-27-23(20-29)19-22-16-15-21-9-7-8-14-26(21)28(22)27/h1-7,9-20H. The van der Waals surface area contributed by atoms with Gasteiger partial charge in [-0.15, -0.1) is 0 Å². The molecule has 0 N–H and O–H groups in total. The topological polar surface area (TPSA) is 0 Å². The first-order valence-electron chi connectivity index (χ1n) is 10.0. The van der Waals surface area contributed by atoms with Crippen LogP contribution in [0, 0.1) is 6.07 Å². The van der Waals surface area contributed by atoms with Crippen LogP contribution in [0.2, 0.25) is 0 Å². The van der Waals surface area contributed by atoms with Crippen molar-refractivity contribution in [3.63, 3.8) is 0 Å². The molecule has 0 saturated heterocycles. The molecule has 0 atom stereocenters. The Morgan fingerprint density at radius 2 is 1.45 bits per heavy atom. The zero-order valence-corrected chi connectivity index (χ0v) is 16.0. The van der Waals surface area contributed by atoms with E-state index in [1.165, 1.54) is 43.5 Å². The summed E-state index contributed by atoms with van der Waals surface area (Å²) in [5.41, 5.74) is 4.93. The van der Waals surface area contributed by atoms with Gasteiger partial charge in [0, 0.05) is 0 Å². The molecule has 1 radical (unpaired) electrons. The van der Waals surface area contributed by atoms with Gasteiger partial charge in [0.2, 0.25) is 0 Å². The number of hydrogen-bond donors (Lipinski definition) is 0. The summed E-state index contributed by atoms with van der Waals surface area (Å²) in [4.78, 5) is 0. The summed E-state index contributed by atoms with van der Waals surface area (Å²) in [6.45, 7) is 0. The highest BCUT2D eigenvalue weighted by Gasteiger charge is 2.33. The van der Waals surface area contributed by atoms with Crippen LogP contribution in [0.5, 0.6) is 0 Å². The summed E-state index contributed by atoms with van der Waals surface area (Å²) >= 11 is 0. The highest BCUT2D eigenvalue weighted by molar-refractivity contribution is 5.96. The van der Waals surface area contributed by atoms with E-state index in [1.807, 2.05) is 6.07 Å². The van der Waals surface area contributed by atoms with Gasteiger partial charge in [-0.3, -0.25) is 0 Å². The lowest BCUT2D eigenvalue weighted by molar-refractivity contribution is 0.808. The molecule has 0 fully saturated rings. The predicted molar refractivity (Wildman–Crippen MR) is 121 cm³/mol. The van der Waals surface area contributed by atoms with Crippen LogP contribution in [-0.4, -0.2) is 0 Å². The lowest BCUT2D eigenvalue weighted by Crippen LogP contribution is -2.26. The minimum absolute atomic E-state index is 0.262. The first-order chi connectivity index (χ1) is 14.4. The normalized spacial score (nSPS) is 16.1. The number of benzene rings is 4. The summed E-state index contributed by atoms with van der Waals surface area (Å²) in [7, 11) is 0. The zero-order valence-electron chi connectivity index (χ0n) is 16.0. The van der Waals surface area contributed by atoms with Gasteiger partial charge in [-0.2, -0.15) is 0 Å². The van der Waals surface area contributed by atoms with Crippen LogP contribution in [0.1, 0.15) is 11.1 Å². The van der Waals surface area contributed by atoms with Crippen molar-refractivity contribution in [2.45, 2.75) is 5.41 Å². The van der Waals surface area contributed by atoms with E-state index in [-0.39, 0.29) is 5.41 Å². The van der Waals surface area contributed by atoms with Crippen molar-refractivity contribution in [2.75, 3.05) is 0 Å². The number of allylic oxidation sites excluding steroid dienone is 4. The average Bonchev–Trinajstić information content (AvgIpc) is 3.18. The van der Waals surface area contributed by atoms with Crippen molar-refractivity contribution in [3.8, 4) is 0 Å². The van der Waals surface area contributed by atoms with E-state index < -0.39 is 0 Å². The van der Waals surface area contributed by atoms with E-state index in [9.17, 15) is 0 Å². The van der Waals surface area contributed by atoms with Crippen LogP contribution < -0.4 is 10.4 Å². The molecule has 4 aromatic carbocycles. The number of hydrogen-bond acceptors (Lipinski definition) is 0. The van der Waals surface area contributed by atoms with E-state index in [0.29, 0.717) is 0 Å². The van der Waals surface area contributed by atoms with Crippen molar-refractivity contribution in [1.29, 1.82) is 0 Å². The fourth-order valence-electron chi connectivity index (χ4n) is 4.79. The first kappa shape index (κ1) is 16.3. The molecule has 2 aliphatic carbocycles. The van der Waals surface area contributed by atoms with Crippen molar-refractivity contribution in [2.24, 2.45) is 0 Å². The Balaban J connectivity index is 1.67. The van der Waals surface area contributed by atoms with E-state index in [0.717, 1.165) is 0 Å². The second-order valence-electron chi connectivity index (χ2n) is 7.77. The fraction of sp³-hybridized carbons (Fsp3) is 0.0345. The molecule has 29 heavy (non-hydrogen) atoms. The monoisotopic (exact) mass is 367 g/mol. The minimum Gasteiger partial charge on any atom is -0.0651 e. The molecule has 0 aromatic heterocycles. The Bertz CT molecular complexity index is 1380. The molecule has 0 unspecified atom stereocenters. The molecule has 6 rings (SSSR count). The Labute approximate surface area is 170 Å². The van der Waals surface area contributed by atoms with E-state index in [2.05, 4.69) is 115 Å². The third-order valence-electron chi connectivity index (χ3n) is 6.19. The van der Waals surface area contributed by atoms with Crippen molar-refractivity contribution in [1.82, 2.24) is 0 Å². The molecular formula is C29H19. The summed E-state index contributed by atoms with van der Waals surface area (Å²) in [5, 5.41) is 5.16. The molecule has 0 heterocycles. The fourth-order valence-corrected chi connectivity index (χ4v) is 4.79. The van der Waals surface area contributed by atoms with Crippen LogP contribution in [0.3, 0.4) is 0 Å². The molecule has 0 spiro atoms. The van der Waals surface area contributed by atoms with Gasteiger partial charge >= 0.3 is 0 Å². The maximum absolute atomic E-state index is 3.26. The van der Waals surface area contributed by atoms with Crippen molar-refractivity contribution >= 4 is 22.4 Å². The zero-order chi connectivity index (χ0) is 19.3. The maximum atomic E-state index is 3.26. The highest BCUT2D eigenvalue weighted by atomic mass is 14.4. The molecule has 0 nitrogen and oxygen atoms in total. The van der Waals surface area contributed by atoms with Gasteiger partial charge in [0.15, 0.2) is 0 Å². The highest BCUT2D eigenvalue weighted by Crippen LogP contribution is 2.41. The van der Waals surface area contributed by atoms with Crippen molar-refractivity contribution in [3.05, 3.63) is 142 Å². The molecule has 4 aromatic rings. The summed E-state index contributed by atoms with van der Waals surface area (Å²) < 4.78 is 0. The first-order valence-corrected chi connectivity index (χ1v) is 10.0. The van der Waals surface area contributed by atoms with Crippen LogP contribution in [0.4, 0.5) is 0 Å². The summed E-state index contributed by atoms with van der Waals surface area (Å²) in [5.74, 6) is 0. The lowest BCUT2D eigenvalue weighted by Gasteiger charge is -2.32. The summed E-state index contributed by atoms with van der Waals surface area (Å²) in [6, 6.07) is 35.5. The maximum Gasteiger partial charge on any atom is 0.0574 e. The Morgan fingerprint density at radius 1 is 0.724 bits per heavy atom. The summed E-state index contributed by atoms with van der Waals surface area (Å²) in [6.07, 6.45) is 9.46. The lowest BCUT2D eigenvalue weighted by atomic mass is 9.70.